The topological polar surface area (TPSA) is 30.7 Å². The van der Waals surface area contributed by atoms with Gasteiger partial charge in [-0.1, -0.05) is 28.9 Å². The van der Waals surface area contributed by atoms with Crippen LogP contribution in [0.15, 0.2) is 24.4 Å². The molecule has 3 nitrogen and oxygen atoms in total. The van der Waals surface area contributed by atoms with E-state index in [0.29, 0.717) is 10.7 Å². The predicted molar refractivity (Wildman–Crippen MR) is 61.2 cm³/mol. The third-order valence-electron chi connectivity index (χ3n) is 2.25. The second-order valence-electron chi connectivity index (χ2n) is 3.54. The fraction of sp³-hybridized carbons (Fsp3) is 0.273. The molecule has 0 aliphatic heterocycles. The molecule has 2 aromatic rings. The normalized spacial score (nSPS) is 10.7. The number of benzene rings is 1. The summed E-state index contributed by atoms with van der Waals surface area (Å²) < 4.78 is 13.6. The van der Waals surface area contributed by atoms with Crippen molar-refractivity contribution < 1.29 is 4.39 Å². The van der Waals surface area contributed by atoms with Crippen molar-refractivity contribution in [2.45, 2.75) is 13.5 Å². The Bertz CT molecular complexity index is 496. The molecule has 0 saturated carbocycles. The quantitative estimate of drug-likeness (QED) is 0.825. The molecule has 1 aromatic heterocycles. The van der Waals surface area contributed by atoms with Gasteiger partial charge in [0, 0.05) is 5.56 Å². The first kappa shape index (κ1) is 11.1. The van der Waals surface area contributed by atoms with E-state index < -0.39 is 6.67 Å². The molecule has 84 valence electrons. The van der Waals surface area contributed by atoms with Crippen molar-refractivity contribution >= 4 is 11.6 Å². The van der Waals surface area contributed by atoms with Gasteiger partial charge in [-0.2, -0.15) is 0 Å². The average Bonchev–Trinajstić information content (AvgIpc) is 2.67. The minimum absolute atomic E-state index is 0.219. The smallest absolute Gasteiger partial charge is 0.114 e. The Balaban J connectivity index is 2.35. The van der Waals surface area contributed by atoms with Gasteiger partial charge >= 0.3 is 0 Å². The summed E-state index contributed by atoms with van der Waals surface area (Å²) in [5.74, 6) is 0. The van der Waals surface area contributed by atoms with Gasteiger partial charge in [-0.3, -0.25) is 0 Å². The van der Waals surface area contributed by atoms with E-state index in [-0.39, 0.29) is 6.54 Å². The maximum absolute atomic E-state index is 12.1. The summed E-state index contributed by atoms with van der Waals surface area (Å²) in [6, 6.07) is 5.71. The van der Waals surface area contributed by atoms with Gasteiger partial charge in [0.25, 0.3) is 0 Å². The van der Waals surface area contributed by atoms with Crippen LogP contribution in [0.25, 0.3) is 11.3 Å². The fourth-order valence-corrected chi connectivity index (χ4v) is 1.78. The van der Waals surface area contributed by atoms with Crippen LogP contribution in [0.4, 0.5) is 4.39 Å². The molecule has 2 rings (SSSR count). The third kappa shape index (κ3) is 2.22. The van der Waals surface area contributed by atoms with Crippen LogP contribution in [-0.2, 0) is 6.54 Å². The van der Waals surface area contributed by atoms with Crippen LogP contribution in [0.3, 0.4) is 0 Å². The zero-order valence-corrected chi connectivity index (χ0v) is 9.58. The van der Waals surface area contributed by atoms with E-state index in [1.54, 1.807) is 6.20 Å². The number of nitrogens with zero attached hydrogens (tertiary/aromatic N) is 3. The van der Waals surface area contributed by atoms with Gasteiger partial charge in [-0.15, -0.1) is 5.10 Å². The summed E-state index contributed by atoms with van der Waals surface area (Å²) in [7, 11) is 0. The molecular weight excluding hydrogens is 229 g/mol. The lowest BCUT2D eigenvalue weighted by molar-refractivity contribution is 0.422. The number of halogens is 2. The minimum Gasteiger partial charge on any atom is -0.249 e. The summed E-state index contributed by atoms with van der Waals surface area (Å²) in [5.41, 5.74) is 2.57. The molecule has 0 amide bonds. The Hall–Kier alpha value is -1.42. The zero-order chi connectivity index (χ0) is 11.5. The van der Waals surface area contributed by atoms with Crippen LogP contribution in [-0.4, -0.2) is 21.7 Å². The summed E-state index contributed by atoms with van der Waals surface area (Å²) in [4.78, 5) is 0. The predicted octanol–water partition coefficient (Wildman–Crippen LogP) is 2.88. The zero-order valence-electron chi connectivity index (χ0n) is 8.82. The summed E-state index contributed by atoms with van der Waals surface area (Å²) in [6.07, 6.45) is 1.69. The van der Waals surface area contributed by atoms with E-state index >= 15 is 0 Å². The molecule has 5 heteroatoms. The number of hydrogen-bond donors (Lipinski definition) is 0. The van der Waals surface area contributed by atoms with Crippen molar-refractivity contribution in [3.63, 3.8) is 0 Å². The van der Waals surface area contributed by atoms with Crippen LogP contribution in [0, 0.1) is 6.92 Å². The van der Waals surface area contributed by atoms with Crippen LogP contribution >= 0.6 is 11.6 Å². The highest BCUT2D eigenvalue weighted by Gasteiger charge is 2.07. The summed E-state index contributed by atoms with van der Waals surface area (Å²) >= 11 is 6.10. The van der Waals surface area contributed by atoms with Crippen molar-refractivity contribution in [2.24, 2.45) is 0 Å². The van der Waals surface area contributed by atoms with Crippen LogP contribution in [0.2, 0.25) is 5.02 Å². The monoisotopic (exact) mass is 239 g/mol. The van der Waals surface area contributed by atoms with E-state index in [0.717, 1.165) is 11.1 Å². The van der Waals surface area contributed by atoms with Crippen LogP contribution in [0.5, 0.6) is 0 Å². The van der Waals surface area contributed by atoms with E-state index in [9.17, 15) is 4.39 Å². The minimum atomic E-state index is -0.454. The largest absolute Gasteiger partial charge is 0.249 e. The van der Waals surface area contributed by atoms with Crippen LogP contribution < -0.4 is 0 Å². The van der Waals surface area contributed by atoms with Gasteiger partial charge in [0.1, 0.15) is 12.4 Å². The Labute approximate surface area is 97.8 Å². The Morgan fingerprint density at radius 1 is 1.44 bits per heavy atom. The number of alkyl halides is 1. The van der Waals surface area contributed by atoms with Crippen LogP contribution in [0.1, 0.15) is 5.56 Å². The van der Waals surface area contributed by atoms with Crippen molar-refractivity contribution in [2.75, 3.05) is 6.67 Å². The van der Waals surface area contributed by atoms with Crippen molar-refractivity contribution in [1.29, 1.82) is 0 Å². The van der Waals surface area contributed by atoms with Crippen molar-refractivity contribution in [1.82, 2.24) is 15.0 Å². The lowest BCUT2D eigenvalue weighted by Gasteiger charge is -2.00. The number of rotatable bonds is 3. The number of aryl methyl sites for hydroxylation is 2. The first-order chi connectivity index (χ1) is 7.70. The number of hydrogen-bond acceptors (Lipinski definition) is 2. The Morgan fingerprint density at radius 3 is 2.94 bits per heavy atom. The molecule has 0 unspecified atom stereocenters. The lowest BCUT2D eigenvalue weighted by Crippen LogP contribution is -1.99. The highest BCUT2D eigenvalue weighted by molar-refractivity contribution is 6.33. The Morgan fingerprint density at radius 2 is 2.25 bits per heavy atom. The van der Waals surface area contributed by atoms with Gasteiger partial charge < -0.3 is 0 Å². The van der Waals surface area contributed by atoms with Gasteiger partial charge in [-0.05, 0) is 18.6 Å². The summed E-state index contributed by atoms with van der Waals surface area (Å²) in [5, 5.41) is 8.40. The Kier molecular flexibility index (Phi) is 3.19. The standard InChI is InChI=1S/C11H11ClFN3/c1-8-2-3-9(10(12)6-8)11-7-16(5-4-13)15-14-11/h2-3,6-7H,4-5H2,1H3. The molecule has 0 fully saturated rings. The molecule has 1 aromatic carbocycles. The van der Waals surface area contributed by atoms with Gasteiger partial charge in [0.05, 0.1) is 17.8 Å². The van der Waals surface area contributed by atoms with Gasteiger partial charge in [-0.25, -0.2) is 9.07 Å². The van der Waals surface area contributed by atoms with E-state index in [4.69, 9.17) is 11.6 Å². The molecular formula is C11H11ClFN3. The first-order valence-corrected chi connectivity index (χ1v) is 5.31. The fourth-order valence-electron chi connectivity index (χ4n) is 1.45. The van der Waals surface area contributed by atoms with E-state index in [2.05, 4.69) is 10.3 Å². The maximum atomic E-state index is 12.1. The van der Waals surface area contributed by atoms with E-state index in [1.807, 2.05) is 25.1 Å². The molecule has 16 heavy (non-hydrogen) atoms. The van der Waals surface area contributed by atoms with E-state index in [1.165, 1.54) is 4.68 Å². The molecule has 0 radical (unpaired) electrons. The molecule has 0 atom stereocenters. The molecule has 0 N–H and O–H groups in total. The van der Waals surface area contributed by atoms with Crippen molar-refractivity contribution in [3.05, 3.63) is 35.0 Å². The highest BCUT2D eigenvalue weighted by atomic mass is 35.5. The molecule has 0 bridgehead atoms. The van der Waals surface area contributed by atoms with Gasteiger partial charge in [0.2, 0.25) is 0 Å². The molecule has 0 spiro atoms. The summed E-state index contributed by atoms with van der Waals surface area (Å²) in [6.45, 7) is 1.73. The number of aromatic nitrogens is 3. The average molecular weight is 240 g/mol. The highest BCUT2D eigenvalue weighted by Crippen LogP contribution is 2.26. The van der Waals surface area contributed by atoms with Gasteiger partial charge in [0.15, 0.2) is 0 Å². The second kappa shape index (κ2) is 4.61. The van der Waals surface area contributed by atoms with Crippen molar-refractivity contribution in [3.8, 4) is 11.3 Å². The third-order valence-corrected chi connectivity index (χ3v) is 2.57. The first-order valence-electron chi connectivity index (χ1n) is 4.93. The molecule has 0 aliphatic rings. The maximum Gasteiger partial charge on any atom is 0.114 e. The lowest BCUT2D eigenvalue weighted by atomic mass is 10.1. The molecule has 0 saturated heterocycles. The SMILES string of the molecule is Cc1ccc(-c2cn(CCF)nn2)c(Cl)c1. The molecule has 0 aliphatic carbocycles. The second-order valence-corrected chi connectivity index (χ2v) is 3.95. The molecule has 1 heterocycles.